The molecule has 0 spiro atoms. The van der Waals surface area contributed by atoms with E-state index >= 15 is 0 Å². The molecule has 0 radical (unpaired) electrons. The number of allylic oxidation sites excluding steroid dienone is 1. The summed E-state index contributed by atoms with van der Waals surface area (Å²) >= 11 is 11.8. The second-order valence-corrected chi connectivity index (χ2v) is 5.26. The minimum Gasteiger partial charge on any atom is -0.283 e. The van der Waals surface area contributed by atoms with Crippen LogP contribution in [0.2, 0.25) is 10.0 Å². The van der Waals surface area contributed by atoms with Gasteiger partial charge in [-0.3, -0.25) is 5.43 Å². The number of nitrogens with zero attached hydrogens (tertiary/aromatic N) is 3. The highest BCUT2D eigenvalue weighted by atomic mass is 35.5. The van der Waals surface area contributed by atoms with Crippen LogP contribution in [-0.4, -0.2) is 5.71 Å². The average Bonchev–Trinajstić information content (AvgIpc) is 2.57. The van der Waals surface area contributed by atoms with Crippen molar-refractivity contribution in [2.24, 2.45) is 5.10 Å². The van der Waals surface area contributed by atoms with Gasteiger partial charge in [0.25, 0.3) is 0 Å². The first-order valence-corrected chi connectivity index (χ1v) is 7.25. The van der Waals surface area contributed by atoms with E-state index in [1.54, 1.807) is 36.4 Å². The van der Waals surface area contributed by atoms with Gasteiger partial charge in [0.1, 0.15) is 17.7 Å². The molecule has 4 nitrogen and oxygen atoms in total. The van der Waals surface area contributed by atoms with E-state index in [0.717, 1.165) is 11.1 Å². The number of nitrogens with one attached hydrogen (secondary N) is 1. The molecule has 1 N–H and O–H groups in total. The molecule has 0 amide bonds. The van der Waals surface area contributed by atoms with Gasteiger partial charge in [0.2, 0.25) is 0 Å². The van der Waals surface area contributed by atoms with Gasteiger partial charge in [-0.25, -0.2) is 0 Å². The molecular formula is C17H10Cl2N4. The molecule has 2 aromatic carbocycles. The molecule has 0 aliphatic carbocycles. The van der Waals surface area contributed by atoms with Gasteiger partial charge in [-0.05, 0) is 24.3 Å². The second-order valence-electron chi connectivity index (χ2n) is 4.38. The van der Waals surface area contributed by atoms with Crippen molar-refractivity contribution in [2.45, 2.75) is 0 Å². The van der Waals surface area contributed by atoms with E-state index in [1.807, 2.05) is 24.3 Å². The fourth-order valence-electron chi connectivity index (χ4n) is 1.76. The van der Waals surface area contributed by atoms with Crippen LogP contribution in [0.3, 0.4) is 0 Å². The predicted octanol–water partition coefficient (Wildman–Crippen LogP) is 4.27. The van der Waals surface area contributed by atoms with Crippen LogP contribution in [0, 0.1) is 22.7 Å². The lowest BCUT2D eigenvalue weighted by Gasteiger charge is -2.07. The number of halogens is 2. The number of benzene rings is 2. The Balaban J connectivity index is 2.41. The van der Waals surface area contributed by atoms with Crippen LogP contribution in [0.25, 0.3) is 0 Å². The van der Waals surface area contributed by atoms with Crippen LogP contribution in [0.4, 0.5) is 0 Å². The van der Waals surface area contributed by atoms with Crippen molar-refractivity contribution >= 4 is 28.9 Å². The van der Waals surface area contributed by atoms with Crippen LogP contribution < -0.4 is 5.43 Å². The summed E-state index contributed by atoms with van der Waals surface area (Å²) in [6.45, 7) is 0. The Labute approximate surface area is 143 Å². The second kappa shape index (κ2) is 8.00. The van der Waals surface area contributed by atoms with E-state index in [0.29, 0.717) is 15.8 Å². The van der Waals surface area contributed by atoms with E-state index < -0.39 is 0 Å². The Morgan fingerprint density at radius 3 is 1.70 bits per heavy atom. The number of hydrogen-bond acceptors (Lipinski definition) is 4. The van der Waals surface area contributed by atoms with E-state index in [2.05, 4.69) is 10.5 Å². The molecule has 6 heteroatoms. The molecule has 112 valence electrons. The molecule has 23 heavy (non-hydrogen) atoms. The molecule has 2 aromatic rings. The van der Waals surface area contributed by atoms with Crippen molar-refractivity contribution in [3.63, 3.8) is 0 Å². The summed E-state index contributed by atoms with van der Waals surface area (Å²) in [4.78, 5) is 0. The van der Waals surface area contributed by atoms with Gasteiger partial charge in [-0.15, -0.1) is 0 Å². The highest BCUT2D eigenvalue weighted by Gasteiger charge is 2.07. The molecule has 0 aromatic heterocycles. The minimum atomic E-state index is -0.0692. The summed E-state index contributed by atoms with van der Waals surface area (Å²) in [5, 5.41) is 23.0. The standard InChI is InChI=1S/C17H10Cl2N4/c18-15-5-1-13(2-6-15)17(14-3-7-16(19)8-4-14)23-22-11-12(9-20)10-21/h1-8,11,22H. The van der Waals surface area contributed by atoms with E-state index in [-0.39, 0.29) is 5.57 Å². The summed E-state index contributed by atoms with van der Waals surface area (Å²) in [5.41, 5.74) is 4.84. The minimum absolute atomic E-state index is 0.0692. The normalized spacial score (nSPS) is 9.22. The van der Waals surface area contributed by atoms with E-state index in [1.165, 1.54) is 6.20 Å². The Morgan fingerprint density at radius 2 is 1.30 bits per heavy atom. The predicted molar refractivity (Wildman–Crippen MR) is 91.0 cm³/mol. The van der Waals surface area contributed by atoms with Crippen molar-refractivity contribution in [2.75, 3.05) is 0 Å². The molecule has 0 fully saturated rings. The van der Waals surface area contributed by atoms with E-state index in [9.17, 15) is 0 Å². The molecular weight excluding hydrogens is 331 g/mol. The third kappa shape index (κ3) is 4.59. The van der Waals surface area contributed by atoms with Crippen LogP contribution in [0.5, 0.6) is 0 Å². The Hall–Kier alpha value is -2.79. The van der Waals surface area contributed by atoms with Gasteiger partial charge in [-0.2, -0.15) is 15.6 Å². The first-order valence-electron chi connectivity index (χ1n) is 6.49. The number of rotatable bonds is 4. The zero-order valence-corrected chi connectivity index (χ0v) is 13.3. The van der Waals surface area contributed by atoms with Crippen molar-refractivity contribution in [1.29, 1.82) is 10.5 Å². The van der Waals surface area contributed by atoms with Gasteiger partial charge in [0.05, 0.1) is 5.71 Å². The maximum Gasteiger partial charge on any atom is 0.147 e. The lowest BCUT2D eigenvalue weighted by molar-refractivity contribution is 0.962. The topological polar surface area (TPSA) is 72.0 Å². The smallest absolute Gasteiger partial charge is 0.147 e. The Kier molecular flexibility index (Phi) is 5.77. The third-order valence-electron chi connectivity index (χ3n) is 2.86. The summed E-state index contributed by atoms with van der Waals surface area (Å²) < 4.78 is 0. The lowest BCUT2D eigenvalue weighted by atomic mass is 10.0. The third-order valence-corrected chi connectivity index (χ3v) is 3.37. The molecule has 0 aliphatic heterocycles. The lowest BCUT2D eigenvalue weighted by Crippen LogP contribution is -2.09. The van der Waals surface area contributed by atoms with Gasteiger partial charge >= 0.3 is 0 Å². The van der Waals surface area contributed by atoms with Gasteiger partial charge in [0, 0.05) is 27.4 Å². The fraction of sp³-hybridized carbons (Fsp3) is 0. The first kappa shape index (κ1) is 16.6. The SMILES string of the molecule is N#CC(C#N)=CNN=C(c1ccc(Cl)cc1)c1ccc(Cl)cc1. The monoisotopic (exact) mass is 340 g/mol. The summed E-state index contributed by atoms with van der Waals surface area (Å²) in [6.07, 6.45) is 1.24. The van der Waals surface area contributed by atoms with Crippen LogP contribution in [0.1, 0.15) is 11.1 Å². The number of hydrogen-bond donors (Lipinski definition) is 1. The summed E-state index contributed by atoms with van der Waals surface area (Å²) in [6, 6.07) is 17.9. The average molecular weight is 341 g/mol. The Morgan fingerprint density at radius 1 is 0.870 bits per heavy atom. The molecule has 0 aliphatic rings. The molecule has 0 unspecified atom stereocenters. The largest absolute Gasteiger partial charge is 0.283 e. The van der Waals surface area contributed by atoms with Crippen LogP contribution in [-0.2, 0) is 0 Å². The highest BCUT2D eigenvalue weighted by Crippen LogP contribution is 2.16. The first-order chi connectivity index (χ1) is 11.1. The molecule has 2 rings (SSSR count). The molecule has 0 atom stereocenters. The van der Waals surface area contributed by atoms with Gasteiger partial charge in [0.15, 0.2) is 0 Å². The highest BCUT2D eigenvalue weighted by molar-refractivity contribution is 6.31. The quantitative estimate of drug-likeness (QED) is 0.513. The van der Waals surface area contributed by atoms with Crippen molar-refractivity contribution < 1.29 is 0 Å². The van der Waals surface area contributed by atoms with Crippen molar-refractivity contribution in [3.05, 3.63) is 81.5 Å². The molecule has 0 bridgehead atoms. The Bertz CT molecular complexity index is 759. The van der Waals surface area contributed by atoms with Crippen molar-refractivity contribution in [1.82, 2.24) is 5.43 Å². The number of nitriles is 2. The van der Waals surface area contributed by atoms with Gasteiger partial charge in [-0.1, -0.05) is 47.5 Å². The van der Waals surface area contributed by atoms with Crippen LogP contribution >= 0.6 is 23.2 Å². The van der Waals surface area contributed by atoms with Crippen LogP contribution in [0.15, 0.2) is 65.4 Å². The number of hydrazone groups is 1. The van der Waals surface area contributed by atoms with Gasteiger partial charge < -0.3 is 0 Å². The molecule has 0 saturated carbocycles. The zero-order valence-electron chi connectivity index (χ0n) is 11.8. The zero-order chi connectivity index (χ0) is 16.7. The fourth-order valence-corrected chi connectivity index (χ4v) is 2.01. The molecule has 0 saturated heterocycles. The summed E-state index contributed by atoms with van der Waals surface area (Å²) in [7, 11) is 0. The maximum absolute atomic E-state index is 8.73. The van der Waals surface area contributed by atoms with Crippen molar-refractivity contribution in [3.8, 4) is 12.1 Å². The summed E-state index contributed by atoms with van der Waals surface area (Å²) in [5.74, 6) is 0. The van der Waals surface area contributed by atoms with E-state index in [4.69, 9.17) is 33.7 Å². The maximum atomic E-state index is 8.73. The molecule has 0 heterocycles.